The third-order valence-corrected chi connectivity index (χ3v) is 3.26. The zero-order valence-electron chi connectivity index (χ0n) is 14.0. The maximum atomic E-state index is 12.3. The maximum absolute atomic E-state index is 12.3. The first-order valence-electron chi connectivity index (χ1n) is 7.66. The number of carbonyl (C=O) groups excluding carboxylic acids is 3. The van der Waals surface area contributed by atoms with Crippen LogP contribution in [0.25, 0.3) is 0 Å². The molecule has 1 heterocycles. The highest BCUT2D eigenvalue weighted by Gasteiger charge is 2.30. The monoisotopic (exact) mass is 384 g/mol. The summed E-state index contributed by atoms with van der Waals surface area (Å²) in [5, 5.41) is 4.08. The summed E-state index contributed by atoms with van der Waals surface area (Å²) >= 11 is 0. The van der Waals surface area contributed by atoms with Gasteiger partial charge in [-0.1, -0.05) is 12.1 Å². The summed E-state index contributed by atoms with van der Waals surface area (Å²) in [7, 11) is 0. The normalized spacial score (nSPS) is 12.1. The number of carbonyl (C=O) groups is 3. The lowest BCUT2D eigenvalue weighted by molar-refractivity contribution is -0.143. The molecule has 0 aliphatic carbocycles. The number of halogens is 3. The van der Waals surface area contributed by atoms with E-state index in [9.17, 15) is 27.6 Å². The van der Waals surface area contributed by atoms with Crippen molar-refractivity contribution in [2.45, 2.75) is 19.2 Å². The number of esters is 1. The number of anilines is 1. The molecule has 0 saturated carbocycles. The van der Waals surface area contributed by atoms with Crippen LogP contribution in [-0.4, -0.2) is 36.6 Å². The minimum atomic E-state index is -4.58. The fourth-order valence-corrected chi connectivity index (χ4v) is 1.97. The lowest BCUT2D eigenvalue weighted by atomic mass is 10.1. The van der Waals surface area contributed by atoms with Crippen molar-refractivity contribution in [2.75, 3.05) is 11.9 Å². The van der Waals surface area contributed by atoms with Crippen molar-refractivity contribution in [3.8, 4) is 0 Å². The summed E-state index contributed by atoms with van der Waals surface area (Å²) < 4.78 is 46.2. The van der Waals surface area contributed by atoms with Crippen molar-refractivity contribution in [1.29, 1.82) is 0 Å². The van der Waals surface area contributed by atoms with Gasteiger partial charge in [-0.25, -0.2) is 4.79 Å². The zero-order valence-corrected chi connectivity index (χ0v) is 14.0. The predicted octanol–water partition coefficient (Wildman–Crippen LogP) is 2.76. The molecule has 0 unspecified atom stereocenters. The molecule has 0 saturated heterocycles. The second-order valence-corrected chi connectivity index (χ2v) is 5.36. The molecule has 144 valence electrons. The molecular formula is C17H15F3N2O5. The maximum Gasteiger partial charge on any atom is 0.405 e. The Morgan fingerprint density at radius 2 is 1.85 bits per heavy atom. The number of para-hydroxylation sites is 1. The number of hydrogen-bond donors (Lipinski definition) is 2. The quantitative estimate of drug-likeness (QED) is 0.747. The highest BCUT2D eigenvalue weighted by Crippen LogP contribution is 2.18. The molecule has 0 radical (unpaired) electrons. The number of hydrogen-bond acceptors (Lipinski definition) is 5. The van der Waals surface area contributed by atoms with Gasteiger partial charge in [0.2, 0.25) is 0 Å². The van der Waals surface area contributed by atoms with E-state index in [0.717, 1.165) is 6.92 Å². The fraction of sp³-hybridized carbons (Fsp3) is 0.235. The van der Waals surface area contributed by atoms with Crippen LogP contribution in [0, 0.1) is 0 Å². The minimum Gasteiger partial charge on any atom is -0.459 e. The molecule has 1 atom stereocenters. The summed E-state index contributed by atoms with van der Waals surface area (Å²) in [4.78, 5) is 35.9. The van der Waals surface area contributed by atoms with E-state index in [-0.39, 0.29) is 17.0 Å². The van der Waals surface area contributed by atoms with Crippen molar-refractivity contribution in [3.63, 3.8) is 0 Å². The van der Waals surface area contributed by atoms with Gasteiger partial charge < -0.3 is 19.8 Å². The summed E-state index contributed by atoms with van der Waals surface area (Å²) in [5.41, 5.74) is 0.0136. The Morgan fingerprint density at radius 1 is 1.15 bits per heavy atom. The summed E-state index contributed by atoms with van der Waals surface area (Å²) in [6.07, 6.45) is -4.74. The van der Waals surface area contributed by atoms with E-state index in [1.165, 1.54) is 36.6 Å². The molecule has 0 aliphatic rings. The molecular weight excluding hydrogens is 369 g/mol. The molecule has 0 bridgehead atoms. The van der Waals surface area contributed by atoms with E-state index in [0.29, 0.717) is 0 Å². The molecule has 1 aromatic carbocycles. The fourth-order valence-electron chi connectivity index (χ4n) is 1.97. The molecule has 7 nitrogen and oxygen atoms in total. The van der Waals surface area contributed by atoms with Gasteiger partial charge in [-0.3, -0.25) is 9.59 Å². The van der Waals surface area contributed by atoms with Gasteiger partial charge in [-0.15, -0.1) is 0 Å². The van der Waals surface area contributed by atoms with Crippen molar-refractivity contribution in [3.05, 3.63) is 54.0 Å². The van der Waals surface area contributed by atoms with Crippen LogP contribution in [-0.2, 0) is 9.53 Å². The smallest absolute Gasteiger partial charge is 0.405 e. The van der Waals surface area contributed by atoms with Crippen LogP contribution >= 0.6 is 0 Å². The molecule has 10 heteroatoms. The van der Waals surface area contributed by atoms with Gasteiger partial charge >= 0.3 is 12.1 Å². The van der Waals surface area contributed by atoms with Crippen LogP contribution in [0.1, 0.15) is 27.8 Å². The molecule has 2 N–H and O–H groups in total. The van der Waals surface area contributed by atoms with Crippen molar-refractivity contribution in [2.24, 2.45) is 0 Å². The van der Waals surface area contributed by atoms with E-state index in [1.54, 1.807) is 11.4 Å². The van der Waals surface area contributed by atoms with E-state index in [1.807, 2.05) is 0 Å². The second kappa shape index (κ2) is 8.39. The number of benzene rings is 1. The van der Waals surface area contributed by atoms with Gasteiger partial charge in [-0.05, 0) is 31.2 Å². The number of furan rings is 1. The van der Waals surface area contributed by atoms with Crippen LogP contribution in [0.3, 0.4) is 0 Å². The van der Waals surface area contributed by atoms with E-state index in [4.69, 9.17) is 9.15 Å². The Balaban J connectivity index is 2.04. The first kappa shape index (κ1) is 20.0. The number of nitrogens with one attached hydrogen (secondary N) is 2. The van der Waals surface area contributed by atoms with Gasteiger partial charge in [-0.2, -0.15) is 13.2 Å². The lowest BCUT2D eigenvalue weighted by Gasteiger charge is -2.16. The molecule has 0 fully saturated rings. The molecule has 2 aromatic rings. The van der Waals surface area contributed by atoms with Gasteiger partial charge in [0.25, 0.3) is 11.8 Å². The molecule has 1 aromatic heterocycles. The summed E-state index contributed by atoms with van der Waals surface area (Å²) in [5.74, 6) is -2.69. The highest BCUT2D eigenvalue weighted by atomic mass is 19.4. The topological polar surface area (TPSA) is 97.6 Å². The average Bonchev–Trinajstić information content (AvgIpc) is 3.14. The molecule has 2 amide bonds. The van der Waals surface area contributed by atoms with Crippen LogP contribution < -0.4 is 10.6 Å². The Morgan fingerprint density at radius 3 is 2.48 bits per heavy atom. The first-order chi connectivity index (χ1) is 12.7. The zero-order chi connectivity index (χ0) is 20.0. The average molecular weight is 384 g/mol. The summed E-state index contributed by atoms with van der Waals surface area (Å²) in [6, 6.07) is 8.73. The molecule has 0 spiro atoms. The molecule has 0 aliphatic heterocycles. The van der Waals surface area contributed by atoms with Gasteiger partial charge in [0.05, 0.1) is 17.5 Å². The second-order valence-electron chi connectivity index (χ2n) is 5.36. The van der Waals surface area contributed by atoms with Crippen LogP contribution in [0.15, 0.2) is 47.1 Å². The van der Waals surface area contributed by atoms with Crippen LogP contribution in [0.5, 0.6) is 0 Å². The van der Waals surface area contributed by atoms with Crippen molar-refractivity contribution < 1.29 is 36.7 Å². The van der Waals surface area contributed by atoms with Gasteiger partial charge in [0.15, 0.2) is 11.9 Å². The number of rotatable bonds is 6. The summed E-state index contributed by atoms with van der Waals surface area (Å²) in [6.45, 7) is -0.406. The minimum absolute atomic E-state index is 0.0121. The first-order valence-corrected chi connectivity index (χ1v) is 7.66. The van der Waals surface area contributed by atoms with E-state index in [2.05, 4.69) is 5.32 Å². The largest absolute Gasteiger partial charge is 0.459 e. The van der Waals surface area contributed by atoms with E-state index >= 15 is 0 Å². The Kier molecular flexibility index (Phi) is 6.22. The lowest BCUT2D eigenvalue weighted by Crippen LogP contribution is -2.40. The van der Waals surface area contributed by atoms with Crippen molar-refractivity contribution in [1.82, 2.24) is 5.32 Å². The third kappa shape index (κ3) is 5.87. The van der Waals surface area contributed by atoms with Gasteiger partial charge in [0, 0.05) is 0 Å². The molecule has 2 rings (SSSR count). The van der Waals surface area contributed by atoms with E-state index < -0.39 is 36.6 Å². The third-order valence-electron chi connectivity index (χ3n) is 3.26. The van der Waals surface area contributed by atoms with Gasteiger partial charge in [0.1, 0.15) is 6.54 Å². The standard InChI is InChI=1S/C17H15F3N2O5/c1-10(14(23)21-9-17(18,19)20)27-16(25)11-5-2-3-6-12(11)22-15(24)13-7-4-8-26-13/h2-8,10H,9H2,1H3,(H,21,23)(H,22,24)/t10-/m1/s1. The predicted molar refractivity (Wildman–Crippen MR) is 87.0 cm³/mol. The molecule has 27 heavy (non-hydrogen) atoms. The number of ether oxygens (including phenoxy) is 1. The van der Waals surface area contributed by atoms with Crippen molar-refractivity contribution >= 4 is 23.5 Å². The SMILES string of the molecule is C[C@@H](OC(=O)c1ccccc1NC(=O)c1ccco1)C(=O)NCC(F)(F)F. The Labute approximate surface area is 151 Å². The Bertz CT molecular complexity index is 818. The Hall–Kier alpha value is -3.30. The highest BCUT2D eigenvalue weighted by molar-refractivity contribution is 6.06. The number of alkyl halides is 3. The van der Waals surface area contributed by atoms with Crippen LogP contribution in [0.2, 0.25) is 0 Å². The number of amides is 2. The van der Waals surface area contributed by atoms with Crippen LogP contribution in [0.4, 0.5) is 18.9 Å².